The van der Waals surface area contributed by atoms with E-state index in [1.165, 1.54) is 11.3 Å². The maximum absolute atomic E-state index is 11.6. The van der Waals surface area contributed by atoms with E-state index in [9.17, 15) is 4.79 Å². The molecule has 20 heavy (non-hydrogen) atoms. The summed E-state index contributed by atoms with van der Waals surface area (Å²) in [7, 11) is 0. The van der Waals surface area contributed by atoms with Crippen molar-refractivity contribution in [3.05, 3.63) is 17.0 Å². The fourth-order valence-corrected chi connectivity index (χ4v) is 2.24. The largest absolute Gasteiger partial charge is 0.338 e. The second-order valence-electron chi connectivity index (χ2n) is 5.58. The second kappa shape index (κ2) is 7.92. The van der Waals surface area contributed by atoms with Gasteiger partial charge in [-0.1, -0.05) is 13.8 Å². The number of aromatic nitrogens is 2. The van der Waals surface area contributed by atoms with E-state index < -0.39 is 0 Å². The Hall–Kier alpha value is -1.52. The van der Waals surface area contributed by atoms with Crippen molar-refractivity contribution in [2.75, 3.05) is 13.1 Å². The van der Waals surface area contributed by atoms with E-state index in [2.05, 4.69) is 43.4 Å². The van der Waals surface area contributed by atoms with Gasteiger partial charge in [0.15, 0.2) is 0 Å². The molecule has 0 fully saturated rings. The molecule has 5 heteroatoms. The van der Waals surface area contributed by atoms with Crippen LogP contribution in [0.2, 0.25) is 0 Å². The van der Waals surface area contributed by atoms with E-state index in [0.29, 0.717) is 12.5 Å². The van der Waals surface area contributed by atoms with Gasteiger partial charge < -0.3 is 10.6 Å². The average Bonchev–Trinajstić information content (AvgIpc) is 2.65. The lowest BCUT2D eigenvalue weighted by atomic mass is 10.1. The number of nitrogens with zero attached hydrogens (tertiary/aromatic N) is 2. The van der Waals surface area contributed by atoms with Crippen LogP contribution in [0.15, 0.2) is 0 Å². The minimum Gasteiger partial charge on any atom is -0.338 e. The van der Waals surface area contributed by atoms with Crippen LogP contribution in [-0.4, -0.2) is 28.9 Å². The maximum Gasteiger partial charge on any atom is 0.314 e. The van der Waals surface area contributed by atoms with E-state index in [-0.39, 0.29) is 6.03 Å². The number of hydrogen-bond donors (Lipinski definition) is 2. The van der Waals surface area contributed by atoms with Gasteiger partial charge in [0.1, 0.15) is 0 Å². The van der Waals surface area contributed by atoms with Crippen molar-refractivity contribution in [1.29, 1.82) is 0 Å². The van der Waals surface area contributed by atoms with Crippen LogP contribution in [0.4, 0.5) is 4.79 Å². The van der Waals surface area contributed by atoms with Crippen LogP contribution in [0, 0.1) is 19.8 Å². The van der Waals surface area contributed by atoms with Gasteiger partial charge in [-0.15, -0.1) is 0 Å². The van der Waals surface area contributed by atoms with Gasteiger partial charge in [0.05, 0.1) is 5.69 Å². The summed E-state index contributed by atoms with van der Waals surface area (Å²) in [6.07, 6.45) is 1.84. The van der Waals surface area contributed by atoms with Crippen molar-refractivity contribution in [3.8, 4) is 0 Å². The highest BCUT2D eigenvalue weighted by Gasteiger charge is 2.10. The van der Waals surface area contributed by atoms with Crippen LogP contribution in [0.1, 0.15) is 44.1 Å². The first-order valence-electron chi connectivity index (χ1n) is 7.50. The molecule has 0 saturated carbocycles. The Labute approximate surface area is 122 Å². The fraction of sp³-hybridized carbons (Fsp3) is 0.733. The molecule has 5 nitrogen and oxygen atoms in total. The van der Waals surface area contributed by atoms with E-state index in [1.807, 2.05) is 11.6 Å². The van der Waals surface area contributed by atoms with E-state index >= 15 is 0 Å². The highest BCUT2D eigenvalue weighted by molar-refractivity contribution is 5.73. The molecule has 0 aromatic carbocycles. The number of urea groups is 1. The molecule has 0 atom stereocenters. The number of aryl methyl sites for hydroxylation is 2. The van der Waals surface area contributed by atoms with E-state index in [1.54, 1.807) is 0 Å². The molecule has 0 aliphatic rings. The summed E-state index contributed by atoms with van der Waals surface area (Å²) in [5.41, 5.74) is 3.51. The van der Waals surface area contributed by atoms with Crippen LogP contribution < -0.4 is 10.6 Å². The molecule has 114 valence electrons. The average molecular weight is 280 g/mol. The van der Waals surface area contributed by atoms with Crippen LogP contribution in [0.5, 0.6) is 0 Å². The predicted molar refractivity (Wildman–Crippen MR) is 81.9 cm³/mol. The quantitative estimate of drug-likeness (QED) is 0.806. The number of amides is 2. The predicted octanol–water partition coefficient (Wildman–Crippen LogP) is 2.41. The van der Waals surface area contributed by atoms with Gasteiger partial charge in [-0.25, -0.2) is 4.79 Å². The highest BCUT2D eigenvalue weighted by atomic mass is 16.2. The van der Waals surface area contributed by atoms with Crippen LogP contribution in [0.3, 0.4) is 0 Å². The van der Waals surface area contributed by atoms with Gasteiger partial charge in [0.25, 0.3) is 0 Å². The molecular weight excluding hydrogens is 252 g/mol. The summed E-state index contributed by atoms with van der Waals surface area (Å²) < 4.78 is 2.01. The Morgan fingerprint density at radius 3 is 2.45 bits per heavy atom. The summed E-state index contributed by atoms with van der Waals surface area (Å²) in [6.45, 7) is 12.8. The summed E-state index contributed by atoms with van der Waals surface area (Å²) in [5, 5.41) is 10.3. The molecule has 1 aromatic heterocycles. The Morgan fingerprint density at radius 1 is 1.25 bits per heavy atom. The van der Waals surface area contributed by atoms with Gasteiger partial charge in [-0.2, -0.15) is 5.10 Å². The third-order valence-electron chi connectivity index (χ3n) is 3.50. The Balaban J connectivity index is 2.34. The van der Waals surface area contributed by atoms with Crippen molar-refractivity contribution >= 4 is 6.03 Å². The monoisotopic (exact) mass is 280 g/mol. The van der Waals surface area contributed by atoms with Crippen LogP contribution >= 0.6 is 0 Å². The lowest BCUT2D eigenvalue weighted by Crippen LogP contribution is -2.37. The third kappa shape index (κ3) is 4.87. The molecule has 0 spiro atoms. The molecule has 0 aliphatic carbocycles. The molecule has 0 bridgehead atoms. The summed E-state index contributed by atoms with van der Waals surface area (Å²) in [5.74, 6) is 0.612. The second-order valence-corrected chi connectivity index (χ2v) is 5.58. The zero-order valence-corrected chi connectivity index (χ0v) is 13.4. The Morgan fingerprint density at radius 2 is 1.90 bits per heavy atom. The minimum absolute atomic E-state index is 0.0798. The van der Waals surface area contributed by atoms with Crippen molar-refractivity contribution < 1.29 is 4.79 Å². The van der Waals surface area contributed by atoms with Crippen molar-refractivity contribution in [1.82, 2.24) is 20.4 Å². The first-order valence-corrected chi connectivity index (χ1v) is 7.50. The summed E-state index contributed by atoms with van der Waals surface area (Å²) in [4.78, 5) is 11.6. The fourth-order valence-electron chi connectivity index (χ4n) is 2.24. The van der Waals surface area contributed by atoms with Gasteiger partial charge >= 0.3 is 6.03 Å². The summed E-state index contributed by atoms with van der Waals surface area (Å²) >= 11 is 0. The topological polar surface area (TPSA) is 59.0 Å². The SMILES string of the molecule is CCn1nc(C)c(CCNC(=O)NCCC(C)C)c1C. The maximum atomic E-state index is 11.6. The van der Waals surface area contributed by atoms with Gasteiger partial charge in [0, 0.05) is 25.3 Å². The Kier molecular flexibility index (Phi) is 6.55. The molecule has 1 heterocycles. The zero-order chi connectivity index (χ0) is 15.1. The van der Waals surface area contributed by atoms with Crippen molar-refractivity contribution in [2.24, 2.45) is 5.92 Å². The number of nitrogens with one attached hydrogen (secondary N) is 2. The summed E-state index contributed by atoms with van der Waals surface area (Å²) in [6, 6.07) is -0.0798. The van der Waals surface area contributed by atoms with Crippen molar-refractivity contribution in [2.45, 2.75) is 54.0 Å². The minimum atomic E-state index is -0.0798. The van der Waals surface area contributed by atoms with Gasteiger partial charge in [0.2, 0.25) is 0 Å². The molecule has 0 aliphatic heterocycles. The van der Waals surface area contributed by atoms with Crippen LogP contribution in [0.25, 0.3) is 0 Å². The number of carbonyl (C=O) groups excluding carboxylic acids is 1. The van der Waals surface area contributed by atoms with Gasteiger partial charge in [-0.05, 0) is 45.1 Å². The number of hydrogen-bond acceptors (Lipinski definition) is 2. The number of rotatable bonds is 7. The van der Waals surface area contributed by atoms with Crippen molar-refractivity contribution in [3.63, 3.8) is 0 Å². The first-order chi connectivity index (χ1) is 9.45. The molecule has 0 saturated heterocycles. The van der Waals surface area contributed by atoms with Gasteiger partial charge in [-0.3, -0.25) is 4.68 Å². The molecule has 2 amide bonds. The number of carbonyl (C=O) groups is 1. The normalized spacial score (nSPS) is 10.9. The third-order valence-corrected chi connectivity index (χ3v) is 3.50. The van der Waals surface area contributed by atoms with Crippen LogP contribution in [-0.2, 0) is 13.0 Å². The highest BCUT2D eigenvalue weighted by Crippen LogP contribution is 2.13. The molecule has 0 radical (unpaired) electrons. The molecule has 1 aromatic rings. The molecule has 1 rings (SSSR count). The van der Waals surface area contributed by atoms with E-state index in [0.717, 1.165) is 31.6 Å². The Bertz CT molecular complexity index is 437. The van der Waals surface area contributed by atoms with E-state index in [4.69, 9.17) is 0 Å². The standard InChI is InChI=1S/C15H28N4O/c1-6-19-13(5)14(12(4)18-19)8-10-17-15(20)16-9-7-11(2)3/h11H,6-10H2,1-5H3,(H2,16,17,20). The lowest BCUT2D eigenvalue weighted by molar-refractivity contribution is 0.240. The first kappa shape index (κ1) is 16.5. The molecule has 0 unspecified atom stereocenters. The zero-order valence-electron chi connectivity index (χ0n) is 13.4. The smallest absolute Gasteiger partial charge is 0.314 e. The lowest BCUT2D eigenvalue weighted by Gasteiger charge is -2.09. The molecular formula is C15H28N4O. The molecule has 2 N–H and O–H groups in total.